The Kier molecular flexibility index (Phi) is 5.74. The van der Waals surface area contributed by atoms with Crippen LogP contribution in [0.5, 0.6) is 0 Å². The molecule has 19 heavy (non-hydrogen) atoms. The molecule has 0 radical (unpaired) electrons. The lowest BCUT2D eigenvalue weighted by Gasteiger charge is -2.45. The van der Waals surface area contributed by atoms with Gasteiger partial charge in [-0.25, -0.2) is 0 Å². The van der Waals surface area contributed by atoms with Gasteiger partial charge in [0.15, 0.2) is 0 Å². The van der Waals surface area contributed by atoms with Gasteiger partial charge < -0.3 is 5.32 Å². The Labute approximate surface area is 120 Å². The van der Waals surface area contributed by atoms with Crippen LogP contribution in [0, 0.1) is 17.3 Å². The first kappa shape index (κ1) is 15.4. The Morgan fingerprint density at radius 3 is 2.32 bits per heavy atom. The molecule has 0 amide bonds. The van der Waals surface area contributed by atoms with E-state index in [1.807, 2.05) is 0 Å². The van der Waals surface area contributed by atoms with Crippen LogP contribution in [0.2, 0.25) is 0 Å². The molecular formula is C18H35N. The first-order chi connectivity index (χ1) is 9.13. The second kappa shape index (κ2) is 7.11. The highest BCUT2D eigenvalue weighted by molar-refractivity contribution is 4.91. The van der Waals surface area contributed by atoms with Gasteiger partial charge in [-0.1, -0.05) is 65.7 Å². The number of hydrogen-bond donors (Lipinski definition) is 1. The Bertz CT molecular complexity index is 252. The predicted molar refractivity (Wildman–Crippen MR) is 84.4 cm³/mol. The minimum atomic E-state index is 0.555. The summed E-state index contributed by atoms with van der Waals surface area (Å²) in [5.74, 6) is 1.92. The van der Waals surface area contributed by atoms with E-state index in [4.69, 9.17) is 0 Å². The van der Waals surface area contributed by atoms with E-state index in [0.29, 0.717) is 5.41 Å². The van der Waals surface area contributed by atoms with Gasteiger partial charge in [0.25, 0.3) is 0 Å². The van der Waals surface area contributed by atoms with Gasteiger partial charge in [-0.05, 0) is 43.1 Å². The molecule has 0 spiro atoms. The van der Waals surface area contributed by atoms with E-state index >= 15 is 0 Å². The summed E-state index contributed by atoms with van der Waals surface area (Å²) in [6.07, 6.45) is 14.7. The van der Waals surface area contributed by atoms with Gasteiger partial charge >= 0.3 is 0 Å². The minimum Gasteiger partial charge on any atom is -0.314 e. The molecule has 2 unspecified atom stereocenters. The van der Waals surface area contributed by atoms with Gasteiger partial charge in [0.2, 0.25) is 0 Å². The third kappa shape index (κ3) is 4.21. The Balaban J connectivity index is 1.96. The Morgan fingerprint density at radius 1 is 1.00 bits per heavy atom. The van der Waals surface area contributed by atoms with Crippen LogP contribution >= 0.6 is 0 Å². The zero-order chi connectivity index (χ0) is 13.7. The maximum Gasteiger partial charge on any atom is 0.0103 e. The molecule has 0 aromatic carbocycles. The second-order valence-corrected chi connectivity index (χ2v) is 7.74. The van der Waals surface area contributed by atoms with Crippen LogP contribution in [0.4, 0.5) is 0 Å². The molecule has 2 saturated carbocycles. The maximum absolute atomic E-state index is 3.86. The largest absolute Gasteiger partial charge is 0.314 e. The van der Waals surface area contributed by atoms with Crippen LogP contribution in [0.25, 0.3) is 0 Å². The lowest BCUT2D eigenvalue weighted by atomic mass is 9.64. The zero-order valence-corrected chi connectivity index (χ0v) is 13.5. The zero-order valence-electron chi connectivity index (χ0n) is 13.5. The van der Waals surface area contributed by atoms with Gasteiger partial charge in [0, 0.05) is 6.04 Å². The summed E-state index contributed by atoms with van der Waals surface area (Å²) in [5, 5.41) is 3.86. The Hall–Kier alpha value is -0.0400. The minimum absolute atomic E-state index is 0.555. The predicted octanol–water partition coefficient (Wildman–Crippen LogP) is 5.15. The van der Waals surface area contributed by atoms with E-state index in [1.54, 1.807) is 0 Å². The molecule has 0 aliphatic heterocycles. The van der Waals surface area contributed by atoms with Crippen molar-refractivity contribution < 1.29 is 0 Å². The van der Waals surface area contributed by atoms with Crippen molar-refractivity contribution in [3.8, 4) is 0 Å². The van der Waals surface area contributed by atoms with Crippen LogP contribution in [0.1, 0.15) is 85.0 Å². The first-order valence-corrected chi connectivity index (χ1v) is 8.87. The molecule has 0 saturated heterocycles. The van der Waals surface area contributed by atoms with Crippen molar-refractivity contribution in [1.82, 2.24) is 5.32 Å². The molecule has 1 nitrogen and oxygen atoms in total. The standard InChI is InChI=1S/C18H35N/c1-4-19-17(14-15-10-6-5-7-11-15)16-12-8-9-13-18(16,2)3/h15-17,19H,4-14H2,1-3H3. The third-order valence-corrected chi connectivity index (χ3v) is 5.85. The third-order valence-electron chi connectivity index (χ3n) is 5.85. The molecule has 2 aliphatic rings. The summed E-state index contributed by atoms with van der Waals surface area (Å²) in [5.41, 5.74) is 0.555. The average molecular weight is 265 g/mol. The molecule has 2 rings (SSSR count). The van der Waals surface area contributed by atoms with Gasteiger partial charge in [-0.2, -0.15) is 0 Å². The summed E-state index contributed by atoms with van der Waals surface area (Å²) in [6.45, 7) is 8.46. The fourth-order valence-corrected chi connectivity index (χ4v) is 4.70. The molecule has 0 heterocycles. The van der Waals surface area contributed by atoms with Gasteiger partial charge in [-0.3, -0.25) is 0 Å². The average Bonchev–Trinajstić information content (AvgIpc) is 2.39. The monoisotopic (exact) mass is 265 g/mol. The van der Waals surface area contributed by atoms with Crippen molar-refractivity contribution in [3.63, 3.8) is 0 Å². The topological polar surface area (TPSA) is 12.0 Å². The molecular weight excluding hydrogens is 230 g/mol. The van der Waals surface area contributed by atoms with E-state index in [-0.39, 0.29) is 0 Å². The fourth-order valence-electron chi connectivity index (χ4n) is 4.70. The van der Waals surface area contributed by atoms with Crippen molar-refractivity contribution in [1.29, 1.82) is 0 Å². The summed E-state index contributed by atoms with van der Waals surface area (Å²) in [6, 6.07) is 0.781. The molecule has 112 valence electrons. The van der Waals surface area contributed by atoms with E-state index in [1.165, 1.54) is 64.2 Å². The molecule has 2 fully saturated rings. The van der Waals surface area contributed by atoms with E-state index in [2.05, 4.69) is 26.1 Å². The van der Waals surface area contributed by atoms with E-state index in [0.717, 1.165) is 24.4 Å². The molecule has 0 aromatic heterocycles. The Morgan fingerprint density at radius 2 is 1.68 bits per heavy atom. The molecule has 1 heteroatoms. The summed E-state index contributed by atoms with van der Waals surface area (Å²) < 4.78 is 0. The fraction of sp³-hybridized carbons (Fsp3) is 1.00. The number of hydrogen-bond acceptors (Lipinski definition) is 1. The van der Waals surface area contributed by atoms with Crippen LogP contribution in [-0.2, 0) is 0 Å². The van der Waals surface area contributed by atoms with Crippen LogP contribution < -0.4 is 5.32 Å². The van der Waals surface area contributed by atoms with Crippen molar-refractivity contribution in [2.24, 2.45) is 17.3 Å². The lowest BCUT2D eigenvalue weighted by molar-refractivity contribution is 0.0845. The van der Waals surface area contributed by atoms with E-state index in [9.17, 15) is 0 Å². The molecule has 0 aromatic rings. The van der Waals surface area contributed by atoms with E-state index < -0.39 is 0 Å². The van der Waals surface area contributed by atoms with Crippen LogP contribution in [0.15, 0.2) is 0 Å². The van der Waals surface area contributed by atoms with Gasteiger partial charge in [0.1, 0.15) is 0 Å². The normalized spacial score (nSPS) is 30.2. The van der Waals surface area contributed by atoms with Gasteiger partial charge in [-0.15, -0.1) is 0 Å². The van der Waals surface area contributed by atoms with Gasteiger partial charge in [0.05, 0.1) is 0 Å². The summed E-state index contributed by atoms with van der Waals surface area (Å²) >= 11 is 0. The van der Waals surface area contributed by atoms with Crippen molar-refractivity contribution in [3.05, 3.63) is 0 Å². The maximum atomic E-state index is 3.86. The lowest BCUT2D eigenvalue weighted by Crippen LogP contribution is -2.45. The first-order valence-electron chi connectivity index (χ1n) is 8.87. The molecule has 2 aliphatic carbocycles. The quantitative estimate of drug-likeness (QED) is 0.724. The highest BCUT2D eigenvalue weighted by Crippen LogP contribution is 2.44. The molecule has 1 N–H and O–H groups in total. The number of nitrogens with one attached hydrogen (secondary N) is 1. The highest BCUT2D eigenvalue weighted by Gasteiger charge is 2.37. The van der Waals surface area contributed by atoms with Crippen molar-refractivity contribution in [2.75, 3.05) is 6.54 Å². The van der Waals surface area contributed by atoms with Crippen molar-refractivity contribution in [2.45, 2.75) is 91.0 Å². The molecule has 2 atom stereocenters. The smallest absolute Gasteiger partial charge is 0.0103 e. The summed E-state index contributed by atoms with van der Waals surface area (Å²) in [4.78, 5) is 0. The van der Waals surface area contributed by atoms with Crippen LogP contribution in [0.3, 0.4) is 0 Å². The van der Waals surface area contributed by atoms with Crippen molar-refractivity contribution >= 4 is 0 Å². The van der Waals surface area contributed by atoms with Crippen LogP contribution in [-0.4, -0.2) is 12.6 Å². The summed E-state index contributed by atoms with van der Waals surface area (Å²) in [7, 11) is 0. The SMILES string of the molecule is CCNC(CC1CCCCC1)C1CCCCC1(C)C. The molecule has 0 bridgehead atoms. The number of rotatable bonds is 5. The second-order valence-electron chi connectivity index (χ2n) is 7.74. The highest BCUT2D eigenvalue weighted by atomic mass is 14.9.